The van der Waals surface area contributed by atoms with Crippen LogP contribution in [0.2, 0.25) is 0 Å². The van der Waals surface area contributed by atoms with E-state index in [4.69, 9.17) is 9.47 Å². The highest BCUT2D eigenvalue weighted by molar-refractivity contribution is 4.97. The molecule has 0 aliphatic carbocycles. The highest BCUT2D eigenvalue weighted by Gasteiger charge is 2.07. The molecule has 0 unspecified atom stereocenters. The van der Waals surface area contributed by atoms with Gasteiger partial charge in [0.15, 0.2) is 6.29 Å². The van der Waals surface area contributed by atoms with Gasteiger partial charge in [-0.1, -0.05) is 19.9 Å². The first-order chi connectivity index (χ1) is 4.76. The van der Waals surface area contributed by atoms with Crippen LogP contribution in [0.25, 0.3) is 0 Å². The van der Waals surface area contributed by atoms with E-state index in [2.05, 4.69) is 13.5 Å². The fourth-order valence-corrected chi connectivity index (χ4v) is 0.869. The van der Waals surface area contributed by atoms with Crippen molar-refractivity contribution in [3.05, 3.63) is 12.2 Å². The first-order valence-electron chi connectivity index (χ1n) is 3.49. The molecule has 2 nitrogen and oxygen atoms in total. The van der Waals surface area contributed by atoms with E-state index in [0.29, 0.717) is 0 Å². The summed E-state index contributed by atoms with van der Waals surface area (Å²) in [6.45, 7) is 5.94. The summed E-state index contributed by atoms with van der Waals surface area (Å²) in [4.78, 5) is 0. The molecule has 0 atom stereocenters. The normalized spacial score (nSPS) is 10.4. The van der Waals surface area contributed by atoms with Crippen molar-refractivity contribution in [2.75, 3.05) is 14.2 Å². The molecule has 0 bridgehead atoms. The zero-order valence-electron chi connectivity index (χ0n) is 7.02. The quantitative estimate of drug-likeness (QED) is 0.434. The highest BCUT2D eigenvalue weighted by Crippen LogP contribution is 2.10. The molecule has 0 saturated heterocycles. The van der Waals surface area contributed by atoms with Gasteiger partial charge in [0.05, 0.1) is 0 Å². The van der Waals surface area contributed by atoms with Crippen LogP contribution in [0.4, 0.5) is 0 Å². The lowest BCUT2D eigenvalue weighted by atomic mass is 10.2. The maximum Gasteiger partial charge on any atom is 0.178 e. The van der Waals surface area contributed by atoms with E-state index in [9.17, 15) is 0 Å². The Bertz CT molecular complexity index is 95.4. The minimum absolute atomic E-state index is 0.222. The summed E-state index contributed by atoms with van der Waals surface area (Å²) in [7, 11) is 3.24. The Hall–Kier alpha value is -0.340. The third-order valence-electron chi connectivity index (χ3n) is 1.33. The summed E-state index contributed by atoms with van der Waals surface area (Å²) in [6, 6.07) is 0. The predicted octanol–water partition coefficient (Wildman–Crippen LogP) is 1.96. The fourth-order valence-electron chi connectivity index (χ4n) is 0.869. The molecule has 0 N–H and O–H groups in total. The highest BCUT2D eigenvalue weighted by atomic mass is 16.7. The zero-order valence-corrected chi connectivity index (χ0v) is 7.02. The van der Waals surface area contributed by atoms with Gasteiger partial charge in [0.2, 0.25) is 0 Å². The van der Waals surface area contributed by atoms with Crippen molar-refractivity contribution in [2.45, 2.75) is 26.1 Å². The van der Waals surface area contributed by atoms with Crippen LogP contribution in [0.5, 0.6) is 0 Å². The molecule has 0 aliphatic rings. The molecule has 0 aliphatic heterocycles. The molecule has 0 saturated carbocycles. The number of ether oxygens (including phenoxy) is 2. The molecule has 10 heavy (non-hydrogen) atoms. The molecule has 0 fully saturated rings. The summed E-state index contributed by atoms with van der Waals surface area (Å²) in [5.41, 5.74) is 1.01. The van der Waals surface area contributed by atoms with Crippen molar-refractivity contribution >= 4 is 0 Å². The molecule has 0 radical (unpaired) electrons. The van der Waals surface area contributed by atoms with Crippen LogP contribution in [-0.4, -0.2) is 20.5 Å². The van der Waals surface area contributed by atoms with E-state index in [1.54, 1.807) is 14.2 Å². The fraction of sp³-hybridized carbons (Fsp3) is 0.750. The largest absolute Gasteiger partial charge is 0.352 e. The molecule has 0 amide bonds. The molecule has 0 aromatic carbocycles. The molecule has 0 heterocycles. The summed E-state index contributed by atoms with van der Waals surface area (Å²) in [6.07, 6.45) is 1.83. The second-order valence-electron chi connectivity index (χ2n) is 2.21. The number of hydrogen-bond donors (Lipinski definition) is 0. The molecule has 0 spiro atoms. The van der Waals surface area contributed by atoms with Crippen molar-refractivity contribution in [1.29, 1.82) is 0 Å². The Morgan fingerprint density at radius 1 is 1.40 bits per heavy atom. The van der Waals surface area contributed by atoms with Crippen molar-refractivity contribution in [3.8, 4) is 0 Å². The summed E-state index contributed by atoms with van der Waals surface area (Å²) in [5.74, 6) is 0. The van der Waals surface area contributed by atoms with E-state index in [0.717, 1.165) is 18.4 Å². The second-order valence-corrected chi connectivity index (χ2v) is 2.21. The van der Waals surface area contributed by atoms with Gasteiger partial charge >= 0.3 is 0 Å². The Balaban J connectivity index is 3.65. The van der Waals surface area contributed by atoms with Crippen molar-refractivity contribution in [1.82, 2.24) is 0 Å². The van der Waals surface area contributed by atoms with Gasteiger partial charge in [-0.25, -0.2) is 0 Å². The van der Waals surface area contributed by atoms with Gasteiger partial charge in [0.25, 0.3) is 0 Å². The molecule has 2 heteroatoms. The van der Waals surface area contributed by atoms with E-state index < -0.39 is 0 Å². The van der Waals surface area contributed by atoms with Gasteiger partial charge in [-0.2, -0.15) is 0 Å². The Morgan fingerprint density at radius 2 is 1.90 bits per heavy atom. The van der Waals surface area contributed by atoms with Gasteiger partial charge in [0, 0.05) is 14.2 Å². The first kappa shape index (κ1) is 9.66. The maximum absolute atomic E-state index is 4.99. The van der Waals surface area contributed by atoms with Crippen LogP contribution in [0, 0.1) is 0 Å². The van der Waals surface area contributed by atoms with Gasteiger partial charge in [-0.15, -0.1) is 0 Å². The van der Waals surface area contributed by atoms with Crippen LogP contribution >= 0.6 is 0 Å². The smallest absolute Gasteiger partial charge is 0.178 e. The molecule has 60 valence electrons. The van der Waals surface area contributed by atoms with Crippen LogP contribution < -0.4 is 0 Å². The van der Waals surface area contributed by atoms with Crippen molar-refractivity contribution in [3.63, 3.8) is 0 Å². The van der Waals surface area contributed by atoms with Crippen molar-refractivity contribution < 1.29 is 9.47 Å². The molecule has 0 aromatic heterocycles. The Morgan fingerprint density at radius 3 is 2.20 bits per heavy atom. The average molecular weight is 144 g/mol. The molecular weight excluding hydrogens is 128 g/mol. The topological polar surface area (TPSA) is 18.5 Å². The lowest BCUT2D eigenvalue weighted by Crippen LogP contribution is -2.14. The molecule has 0 rings (SSSR count). The zero-order chi connectivity index (χ0) is 7.98. The maximum atomic E-state index is 4.99. The second kappa shape index (κ2) is 5.45. The standard InChI is InChI=1S/C8H16O2/c1-5-6-7(2)8(9-3)10-4/h8H,2,5-6H2,1,3-4H3. The van der Waals surface area contributed by atoms with Crippen LogP contribution in [0.15, 0.2) is 12.2 Å². The summed E-state index contributed by atoms with van der Waals surface area (Å²) in [5, 5.41) is 0. The summed E-state index contributed by atoms with van der Waals surface area (Å²) < 4.78 is 9.98. The lowest BCUT2D eigenvalue weighted by Gasteiger charge is -2.14. The minimum atomic E-state index is -0.222. The monoisotopic (exact) mass is 144 g/mol. The minimum Gasteiger partial charge on any atom is -0.352 e. The number of hydrogen-bond acceptors (Lipinski definition) is 2. The van der Waals surface area contributed by atoms with Gasteiger partial charge in [-0.3, -0.25) is 0 Å². The van der Waals surface area contributed by atoms with E-state index in [1.807, 2.05) is 0 Å². The third kappa shape index (κ3) is 2.99. The average Bonchev–Trinajstić information content (AvgIpc) is 1.91. The van der Waals surface area contributed by atoms with Crippen molar-refractivity contribution in [2.24, 2.45) is 0 Å². The summed E-state index contributed by atoms with van der Waals surface area (Å²) >= 11 is 0. The van der Waals surface area contributed by atoms with Gasteiger partial charge in [0.1, 0.15) is 0 Å². The van der Waals surface area contributed by atoms with E-state index >= 15 is 0 Å². The first-order valence-corrected chi connectivity index (χ1v) is 3.49. The molecule has 0 aromatic rings. The van der Waals surface area contributed by atoms with Gasteiger partial charge < -0.3 is 9.47 Å². The lowest BCUT2D eigenvalue weighted by molar-refractivity contribution is -0.0763. The number of rotatable bonds is 5. The van der Waals surface area contributed by atoms with Crippen LogP contribution in [0.1, 0.15) is 19.8 Å². The van der Waals surface area contributed by atoms with E-state index in [-0.39, 0.29) is 6.29 Å². The third-order valence-corrected chi connectivity index (χ3v) is 1.33. The SMILES string of the molecule is C=C(CCC)C(OC)OC. The Kier molecular flexibility index (Phi) is 5.26. The van der Waals surface area contributed by atoms with Crippen LogP contribution in [-0.2, 0) is 9.47 Å². The van der Waals surface area contributed by atoms with Crippen LogP contribution in [0.3, 0.4) is 0 Å². The van der Waals surface area contributed by atoms with Gasteiger partial charge in [-0.05, 0) is 12.0 Å². The predicted molar refractivity (Wildman–Crippen MR) is 41.9 cm³/mol. The van der Waals surface area contributed by atoms with E-state index in [1.165, 1.54) is 0 Å². The Labute approximate surface area is 62.8 Å². The number of methoxy groups -OCH3 is 2. The molecular formula is C8H16O2.